The Kier molecular flexibility index (Phi) is 2.78. The third-order valence-electron chi connectivity index (χ3n) is 0.723. The Morgan fingerprint density at radius 3 is 2.10 bits per heavy atom. The second kappa shape index (κ2) is 2.83. The van der Waals surface area contributed by atoms with Crippen LogP contribution in [-0.4, -0.2) is 25.7 Å². The van der Waals surface area contributed by atoms with Gasteiger partial charge in [0.15, 0.2) is 0 Å². The summed E-state index contributed by atoms with van der Waals surface area (Å²) in [5.74, 6) is 0. The van der Waals surface area contributed by atoms with Crippen molar-refractivity contribution in [2.45, 2.75) is 19.4 Å². The van der Waals surface area contributed by atoms with Gasteiger partial charge in [-0.15, -0.1) is 0 Å². The maximum absolute atomic E-state index is 10.3. The lowest BCUT2D eigenvalue weighted by molar-refractivity contribution is 0.0473. The molecule has 62 valence electrons. The minimum atomic E-state index is -3.95. The van der Waals surface area contributed by atoms with E-state index in [1.54, 1.807) is 0 Å². The van der Waals surface area contributed by atoms with E-state index in [9.17, 15) is 8.42 Å². The Morgan fingerprint density at radius 1 is 1.60 bits per heavy atom. The Morgan fingerprint density at radius 2 is 2.00 bits per heavy atom. The summed E-state index contributed by atoms with van der Waals surface area (Å²) >= 11 is 0. The molecular formula is C4H11NO4S. The molecule has 0 aromatic rings. The molecule has 3 N–H and O–H groups in total. The summed E-state index contributed by atoms with van der Waals surface area (Å²) in [6.45, 7) is 2.43. The Balaban J connectivity index is 4.16. The zero-order valence-electron chi connectivity index (χ0n) is 5.86. The molecule has 0 amide bonds. The molecule has 0 heterocycles. The van der Waals surface area contributed by atoms with E-state index < -0.39 is 22.5 Å². The SMILES string of the molecule is CC(C)(CO)OS(N)(=O)=O. The van der Waals surface area contributed by atoms with Crippen molar-refractivity contribution in [2.75, 3.05) is 6.61 Å². The topological polar surface area (TPSA) is 89.6 Å². The molecule has 0 unspecified atom stereocenters. The minimum absolute atomic E-state index is 0.399. The molecule has 0 radical (unpaired) electrons. The summed E-state index contributed by atoms with van der Waals surface area (Å²) < 4.78 is 24.8. The van der Waals surface area contributed by atoms with Gasteiger partial charge in [0.2, 0.25) is 0 Å². The number of aliphatic hydroxyl groups is 1. The molecular weight excluding hydrogens is 158 g/mol. The van der Waals surface area contributed by atoms with Crippen molar-refractivity contribution in [3.63, 3.8) is 0 Å². The molecule has 0 spiro atoms. The van der Waals surface area contributed by atoms with Crippen molar-refractivity contribution in [3.8, 4) is 0 Å². The fourth-order valence-corrected chi connectivity index (χ4v) is 1.02. The standard InChI is InChI=1S/C4H11NO4S/c1-4(2,3-6)9-10(5,7)8/h6H,3H2,1-2H3,(H2,5,7,8). The van der Waals surface area contributed by atoms with E-state index in [-0.39, 0.29) is 0 Å². The van der Waals surface area contributed by atoms with Gasteiger partial charge < -0.3 is 5.11 Å². The molecule has 0 saturated heterocycles. The van der Waals surface area contributed by atoms with Crippen LogP contribution >= 0.6 is 0 Å². The minimum Gasteiger partial charge on any atom is -0.393 e. The highest BCUT2D eigenvalue weighted by Crippen LogP contribution is 2.08. The van der Waals surface area contributed by atoms with Crippen molar-refractivity contribution in [2.24, 2.45) is 5.14 Å². The first-order valence-electron chi connectivity index (χ1n) is 2.61. The Hall–Kier alpha value is -0.170. The Bertz CT molecular complexity index is 195. The van der Waals surface area contributed by atoms with E-state index in [2.05, 4.69) is 9.32 Å². The fraction of sp³-hybridized carbons (Fsp3) is 1.00. The molecule has 6 heteroatoms. The van der Waals surface area contributed by atoms with E-state index >= 15 is 0 Å². The number of nitrogens with two attached hydrogens (primary N) is 1. The monoisotopic (exact) mass is 169 g/mol. The first-order valence-corrected chi connectivity index (χ1v) is 4.08. The van der Waals surface area contributed by atoms with Crippen LogP contribution in [0.5, 0.6) is 0 Å². The molecule has 0 aromatic carbocycles. The van der Waals surface area contributed by atoms with Crippen molar-refractivity contribution in [1.82, 2.24) is 0 Å². The van der Waals surface area contributed by atoms with E-state index in [0.29, 0.717) is 0 Å². The molecule has 0 aromatic heterocycles. The van der Waals surface area contributed by atoms with Crippen LogP contribution in [0.15, 0.2) is 0 Å². The summed E-state index contributed by atoms with van der Waals surface area (Å²) in [6.07, 6.45) is 0. The largest absolute Gasteiger partial charge is 0.393 e. The van der Waals surface area contributed by atoms with Gasteiger partial charge in [-0.05, 0) is 13.8 Å². The summed E-state index contributed by atoms with van der Waals surface area (Å²) in [7, 11) is -3.95. The van der Waals surface area contributed by atoms with Gasteiger partial charge in [-0.1, -0.05) is 0 Å². The van der Waals surface area contributed by atoms with Crippen LogP contribution in [0.1, 0.15) is 13.8 Å². The van der Waals surface area contributed by atoms with E-state index in [1.807, 2.05) is 0 Å². The Labute approximate surface area is 60.1 Å². The van der Waals surface area contributed by atoms with Crippen molar-refractivity contribution in [1.29, 1.82) is 0 Å². The predicted octanol–water partition coefficient (Wildman–Crippen LogP) is -1.02. The lowest BCUT2D eigenvalue weighted by atomic mass is 10.2. The molecule has 5 nitrogen and oxygen atoms in total. The van der Waals surface area contributed by atoms with Crippen LogP contribution in [0.4, 0.5) is 0 Å². The van der Waals surface area contributed by atoms with E-state index in [1.165, 1.54) is 13.8 Å². The van der Waals surface area contributed by atoms with Crippen molar-refractivity contribution in [3.05, 3.63) is 0 Å². The highest BCUT2D eigenvalue weighted by molar-refractivity contribution is 7.84. The summed E-state index contributed by atoms with van der Waals surface area (Å²) in [4.78, 5) is 0. The third kappa shape index (κ3) is 4.68. The molecule has 0 aliphatic carbocycles. The van der Waals surface area contributed by atoms with E-state index in [4.69, 9.17) is 5.11 Å². The quantitative estimate of drug-likeness (QED) is 0.565. The zero-order chi connectivity index (χ0) is 8.41. The number of hydrogen-bond acceptors (Lipinski definition) is 4. The molecule has 0 rings (SSSR count). The summed E-state index contributed by atoms with van der Waals surface area (Å²) in [5, 5.41) is 13.0. The van der Waals surface area contributed by atoms with Gasteiger partial charge in [-0.3, -0.25) is 0 Å². The van der Waals surface area contributed by atoms with Gasteiger partial charge in [0.25, 0.3) is 0 Å². The normalized spacial score (nSPS) is 13.6. The molecule has 0 aliphatic rings. The van der Waals surface area contributed by atoms with Gasteiger partial charge in [0, 0.05) is 0 Å². The fourth-order valence-electron chi connectivity index (χ4n) is 0.341. The highest BCUT2D eigenvalue weighted by Gasteiger charge is 2.22. The molecule has 0 saturated carbocycles. The van der Waals surface area contributed by atoms with Crippen LogP contribution in [0.25, 0.3) is 0 Å². The lowest BCUT2D eigenvalue weighted by Gasteiger charge is -2.19. The molecule has 0 bridgehead atoms. The third-order valence-corrected chi connectivity index (χ3v) is 1.41. The lowest BCUT2D eigenvalue weighted by Crippen LogP contribution is -2.34. The maximum atomic E-state index is 10.3. The van der Waals surface area contributed by atoms with Crippen LogP contribution < -0.4 is 5.14 Å². The van der Waals surface area contributed by atoms with Crippen LogP contribution in [0.2, 0.25) is 0 Å². The zero-order valence-corrected chi connectivity index (χ0v) is 6.68. The average molecular weight is 169 g/mol. The van der Waals surface area contributed by atoms with Crippen LogP contribution in [-0.2, 0) is 14.5 Å². The molecule has 0 atom stereocenters. The number of rotatable bonds is 3. The smallest absolute Gasteiger partial charge is 0.333 e. The van der Waals surface area contributed by atoms with E-state index in [0.717, 1.165) is 0 Å². The first kappa shape index (κ1) is 9.83. The average Bonchev–Trinajstić information content (AvgIpc) is 1.60. The highest BCUT2D eigenvalue weighted by atomic mass is 32.2. The summed E-state index contributed by atoms with van der Waals surface area (Å²) in [5.41, 5.74) is -1.13. The van der Waals surface area contributed by atoms with Crippen LogP contribution in [0.3, 0.4) is 0 Å². The molecule has 0 fully saturated rings. The maximum Gasteiger partial charge on any atom is 0.333 e. The number of hydrogen-bond donors (Lipinski definition) is 2. The molecule has 10 heavy (non-hydrogen) atoms. The predicted molar refractivity (Wildman–Crippen MR) is 35.4 cm³/mol. The first-order chi connectivity index (χ1) is 4.27. The van der Waals surface area contributed by atoms with Gasteiger partial charge in [0.05, 0.1) is 6.61 Å². The van der Waals surface area contributed by atoms with Crippen LogP contribution in [0, 0.1) is 0 Å². The van der Waals surface area contributed by atoms with Crippen molar-refractivity contribution < 1.29 is 17.7 Å². The van der Waals surface area contributed by atoms with Gasteiger partial charge in [-0.2, -0.15) is 8.42 Å². The number of aliphatic hydroxyl groups excluding tert-OH is 1. The van der Waals surface area contributed by atoms with Gasteiger partial charge in [-0.25, -0.2) is 9.32 Å². The van der Waals surface area contributed by atoms with Crippen molar-refractivity contribution >= 4 is 10.3 Å². The van der Waals surface area contributed by atoms with Gasteiger partial charge >= 0.3 is 10.3 Å². The second-order valence-electron chi connectivity index (χ2n) is 2.49. The second-order valence-corrected chi connectivity index (χ2v) is 3.65. The summed E-state index contributed by atoms with van der Waals surface area (Å²) in [6, 6.07) is 0. The molecule has 0 aliphatic heterocycles. The van der Waals surface area contributed by atoms with Gasteiger partial charge in [0.1, 0.15) is 5.60 Å².